The number of carboxylic acids is 1. The van der Waals surface area contributed by atoms with Crippen LogP contribution in [0.4, 0.5) is 4.79 Å². The molecule has 0 saturated heterocycles. The highest BCUT2D eigenvalue weighted by atomic mass is 16.4. The van der Waals surface area contributed by atoms with Crippen molar-refractivity contribution in [2.45, 2.75) is 57.9 Å². The largest absolute Gasteiger partial charge is 0.481 e. The summed E-state index contributed by atoms with van der Waals surface area (Å²) in [6.45, 7) is 2.79. The Morgan fingerprint density at radius 2 is 2.00 bits per heavy atom. The highest BCUT2D eigenvalue weighted by Gasteiger charge is 2.24. The van der Waals surface area contributed by atoms with Gasteiger partial charge in [-0.1, -0.05) is 19.8 Å². The van der Waals surface area contributed by atoms with Gasteiger partial charge in [0, 0.05) is 19.0 Å². The average molecular weight is 256 g/mol. The van der Waals surface area contributed by atoms with Gasteiger partial charge >= 0.3 is 12.0 Å². The molecule has 0 bridgehead atoms. The van der Waals surface area contributed by atoms with Gasteiger partial charge in [0.2, 0.25) is 0 Å². The van der Waals surface area contributed by atoms with Crippen LogP contribution in [-0.2, 0) is 4.79 Å². The lowest BCUT2D eigenvalue weighted by Crippen LogP contribution is -2.43. The van der Waals surface area contributed by atoms with Gasteiger partial charge in [-0.2, -0.15) is 0 Å². The predicted octanol–water partition coefficient (Wildman–Crippen LogP) is 2.12. The fourth-order valence-corrected chi connectivity index (χ4v) is 2.36. The molecule has 2 atom stereocenters. The van der Waals surface area contributed by atoms with Crippen LogP contribution in [0.3, 0.4) is 0 Å². The summed E-state index contributed by atoms with van der Waals surface area (Å²) >= 11 is 0. The Hall–Kier alpha value is -1.26. The molecule has 0 aromatic heterocycles. The molecular formula is C13H24N2O3. The normalized spacial score (nSPS) is 22.7. The Labute approximate surface area is 108 Å². The Morgan fingerprint density at radius 1 is 1.22 bits per heavy atom. The van der Waals surface area contributed by atoms with Gasteiger partial charge < -0.3 is 15.7 Å². The maximum absolute atomic E-state index is 11.6. The van der Waals surface area contributed by atoms with Crippen molar-refractivity contribution in [2.75, 3.05) is 6.54 Å². The highest BCUT2D eigenvalue weighted by Crippen LogP contribution is 2.24. The molecule has 1 aliphatic rings. The molecule has 0 aromatic rings. The molecule has 3 N–H and O–H groups in total. The third kappa shape index (κ3) is 5.89. The molecule has 0 spiro atoms. The summed E-state index contributed by atoms with van der Waals surface area (Å²) in [6, 6.07) is 0.226. The first kappa shape index (κ1) is 14.8. The van der Waals surface area contributed by atoms with E-state index < -0.39 is 5.97 Å². The van der Waals surface area contributed by atoms with E-state index in [1.165, 1.54) is 12.8 Å². The molecular weight excluding hydrogens is 232 g/mol. The van der Waals surface area contributed by atoms with Gasteiger partial charge in [-0.25, -0.2) is 4.79 Å². The third-order valence-corrected chi connectivity index (χ3v) is 3.53. The number of nitrogens with one attached hydrogen (secondary N) is 2. The number of hydrogen-bond acceptors (Lipinski definition) is 2. The van der Waals surface area contributed by atoms with E-state index in [0.717, 1.165) is 19.3 Å². The lowest BCUT2D eigenvalue weighted by atomic mass is 10.1. The second-order valence-corrected chi connectivity index (χ2v) is 5.12. The number of urea groups is 1. The van der Waals surface area contributed by atoms with Gasteiger partial charge in [-0.05, 0) is 31.6 Å². The predicted molar refractivity (Wildman–Crippen MR) is 69.4 cm³/mol. The van der Waals surface area contributed by atoms with Crippen LogP contribution in [0.1, 0.15) is 51.9 Å². The summed E-state index contributed by atoms with van der Waals surface area (Å²) in [4.78, 5) is 21.9. The van der Waals surface area contributed by atoms with E-state index in [1.807, 2.05) is 0 Å². The van der Waals surface area contributed by atoms with E-state index in [-0.39, 0.29) is 12.5 Å². The molecule has 1 rings (SSSR count). The molecule has 104 valence electrons. The molecule has 2 amide bonds. The minimum atomic E-state index is -0.754. The molecule has 0 radical (unpaired) electrons. The second-order valence-electron chi connectivity index (χ2n) is 5.12. The standard InChI is InChI=1S/C13H24N2O3/c1-10-6-5-7-11(10)15-13(18)14-9-4-2-3-8-12(16)17/h10-11H,2-9H2,1H3,(H,16,17)(H2,14,15,18). The number of aliphatic carboxylic acids is 1. The summed E-state index contributed by atoms with van der Waals surface area (Å²) in [5.74, 6) is -0.178. The molecule has 0 heterocycles. The summed E-state index contributed by atoms with van der Waals surface area (Å²) < 4.78 is 0. The van der Waals surface area contributed by atoms with Crippen LogP contribution in [0.15, 0.2) is 0 Å². The van der Waals surface area contributed by atoms with E-state index in [1.54, 1.807) is 0 Å². The lowest BCUT2D eigenvalue weighted by Gasteiger charge is -2.17. The quantitative estimate of drug-likeness (QED) is 0.610. The zero-order valence-corrected chi connectivity index (χ0v) is 11.1. The number of unbranched alkanes of at least 4 members (excludes halogenated alkanes) is 2. The van der Waals surface area contributed by atoms with Crippen LogP contribution in [0.5, 0.6) is 0 Å². The Morgan fingerprint density at radius 3 is 2.61 bits per heavy atom. The lowest BCUT2D eigenvalue weighted by molar-refractivity contribution is -0.137. The van der Waals surface area contributed by atoms with Crippen molar-refractivity contribution in [1.29, 1.82) is 0 Å². The number of carbonyl (C=O) groups is 2. The van der Waals surface area contributed by atoms with Gasteiger partial charge in [0.1, 0.15) is 0 Å². The summed E-state index contributed by atoms with van der Waals surface area (Å²) in [6.07, 6.45) is 6.03. The van der Waals surface area contributed by atoms with Gasteiger partial charge in [0.15, 0.2) is 0 Å². The van der Waals surface area contributed by atoms with Crippen molar-refractivity contribution in [1.82, 2.24) is 10.6 Å². The van der Waals surface area contributed by atoms with Crippen molar-refractivity contribution < 1.29 is 14.7 Å². The fourth-order valence-electron chi connectivity index (χ4n) is 2.36. The molecule has 0 aromatic carbocycles. The van der Waals surface area contributed by atoms with E-state index in [4.69, 9.17) is 5.11 Å². The number of rotatable bonds is 7. The van der Waals surface area contributed by atoms with E-state index in [0.29, 0.717) is 24.9 Å². The first-order valence-corrected chi connectivity index (χ1v) is 6.85. The number of carboxylic acid groups (broad SMARTS) is 1. The van der Waals surface area contributed by atoms with Gasteiger partial charge in [-0.15, -0.1) is 0 Å². The van der Waals surface area contributed by atoms with Crippen molar-refractivity contribution in [3.8, 4) is 0 Å². The molecule has 1 aliphatic carbocycles. The summed E-state index contributed by atoms with van der Waals surface area (Å²) in [5.41, 5.74) is 0. The summed E-state index contributed by atoms with van der Waals surface area (Å²) in [5, 5.41) is 14.3. The van der Waals surface area contributed by atoms with E-state index in [2.05, 4.69) is 17.6 Å². The molecule has 5 heteroatoms. The van der Waals surface area contributed by atoms with Crippen LogP contribution >= 0.6 is 0 Å². The molecule has 18 heavy (non-hydrogen) atoms. The molecule has 1 saturated carbocycles. The van der Waals surface area contributed by atoms with Crippen LogP contribution in [0.25, 0.3) is 0 Å². The average Bonchev–Trinajstić information content (AvgIpc) is 2.69. The fraction of sp³-hybridized carbons (Fsp3) is 0.846. The zero-order chi connectivity index (χ0) is 13.4. The van der Waals surface area contributed by atoms with Crippen LogP contribution in [0.2, 0.25) is 0 Å². The monoisotopic (exact) mass is 256 g/mol. The minimum Gasteiger partial charge on any atom is -0.481 e. The molecule has 0 aliphatic heterocycles. The van der Waals surface area contributed by atoms with Crippen molar-refractivity contribution >= 4 is 12.0 Å². The van der Waals surface area contributed by atoms with E-state index in [9.17, 15) is 9.59 Å². The van der Waals surface area contributed by atoms with Gasteiger partial charge in [-0.3, -0.25) is 4.79 Å². The number of amides is 2. The molecule has 1 fully saturated rings. The highest BCUT2D eigenvalue weighted by molar-refractivity contribution is 5.74. The zero-order valence-electron chi connectivity index (χ0n) is 11.1. The Balaban J connectivity index is 1.98. The smallest absolute Gasteiger partial charge is 0.315 e. The first-order valence-electron chi connectivity index (χ1n) is 6.85. The molecule has 2 unspecified atom stereocenters. The maximum Gasteiger partial charge on any atom is 0.315 e. The van der Waals surface area contributed by atoms with Crippen LogP contribution < -0.4 is 10.6 Å². The minimum absolute atomic E-state index is 0.0908. The number of hydrogen-bond donors (Lipinski definition) is 3. The van der Waals surface area contributed by atoms with Crippen LogP contribution in [0, 0.1) is 5.92 Å². The SMILES string of the molecule is CC1CCCC1NC(=O)NCCCCCC(=O)O. The topological polar surface area (TPSA) is 78.4 Å². The second kappa shape index (κ2) is 7.95. The van der Waals surface area contributed by atoms with Crippen molar-refractivity contribution in [2.24, 2.45) is 5.92 Å². The van der Waals surface area contributed by atoms with Crippen LogP contribution in [-0.4, -0.2) is 29.7 Å². The van der Waals surface area contributed by atoms with Crippen molar-refractivity contribution in [3.05, 3.63) is 0 Å². The number of carbonyl (C=O) groups excluding carboxylic acids is 1. The van der Waals surface area contributed by atoms with Gasteiger partial charge in [0.25, 0.3) is 0 Å². The molecule has 5 nitrogen and oxygen atoms in total. The Bertz CT molecular complexity index is 281. The first-order chi connectivity index (χ1) is 8.59. The van der Waals surface area contributed by atoms with Crippen molar-refractivity contribution in [3.63, 3.8) is 0 Å². The summed E-state index contributed by atoms with van der Waals surface area (Å²) in [7, 11) is 0. The van der Waals surface area contributed by atoms with Gasteiger partial charge in [0.05, 0.1) is 0 Å². The third-order valence-electron chi connectivity index (χ3n) is 3.53. The Kier molecular flexibility index (Phi) is 6.54. The maximum atomic E-state index is 11.6. The van der Waals surface area contributed by atoms with E-state index >= 15 is 0 Å².